The van der Waals surface area contributed by atoms with E-state index in [1.54, 1.807) is 30.8 Å². The number of hydrogen-bond donors (Lipinski definition) is 1. The first-order chi connectivity index (χ1) is 16.9. The number of furan rings is 1. The van der Waals surface area contributed by atoms with Gasteiger partial charge in [-0.3, -0.25) is 14.5 Å². The maximum Gasteiger partial charge on any atom is 0.251 e. The molecule has 0 spiro atoms. The highest BCUT2D eigenvalue weighted by atomic mass is 16.5. The summed E-state index contributed by atoms with van der Waals surface area (Å²) in [5.41, 5.74) is 3.95. The highest BCUT2D eigenvalue weighted by Gasteiger charge is 2.36. The number of anilines is 1. The summed E-state index contributed by atoms with van der Waals surface area (Å²) in [6.07, 6.45) is 0. The Balaban J connectivity index is 1.79. The van der Waals surface area contributed by atoms with Crippen molar-refractivity contribution in [2.75, 3.05) is 25.2 Å². The van der Waals surface area contributed by atoms with Crippen molar-refractivity contribution < 1.29 is 18.7 Å². The molecule has 2 heterocycles. The number of benzene rings is 2. The number of amides is 2. The maximum absolute atomic E-state index is 13.9. The van der Waals surface area contributed by atoms with Crippen LogP contribution in [0.3, 0.4) is 0 Å². The van der Waals surface area contributed by atoms with Gasteiger partial charge in [0.1, 0.15) is 23.6 Å². The molecule has 0 saturated carbocycles. The topological polar surface area (TPSA) is 102 Å². The zero-order valence-corrected chi connectivity index (χ0v) is 20.3. The molecule has 9 heteroatoms. The maximum atomic E-state index is 13.9. The van der Waals surface area contributed by atoms with Gasteiger partial charge < -0.3 is 14.5 Å². The number of rotatable bonds is 9. The average molecular weight is 476 g/mol. The molecule has 0 aliphatic carbocycles. The van der Waals surface area contributed by atoms with Crippen molar-refractivity contribution >= 4 is 28.5 Å². The first-order valence-electron chi connectivity index (χ1n) is 11.4. The van der Waals surface area contributed by atoms with Crippen LogP contribution in [0.25, 0.3) is 11.0 Å². The molecule has 0 fully saturated rings. The molecule has 1 N–H and O–H groups in total. The van der Waals surface area contributed by atoms with E-state index in [1.807, 2.05) is 56.3 Å². The summed E-state index contributed by atoms with van der Waals surface area (Å²) in [5, 5.41) is 11.2. The summed E-state index contributed by atoms with van der Waals surface area (Å²) in [4.78, 5) is 28.9. The highest BCUT2D eigenvalue weighted by Crippen LogP contribution is 2.32. The van der Waals surface area contributed by atoms with Gasteiger partial charge in [-0.15, -0.1) is 5.10 Å². The fraction of sp³-hybridized carbons (Fsp3) is 0.308. The summed E-state index contributed by atoms with van der Waals surface area (Å²) in [7, 11) is 1.56. The van der Waals surface area contributed by atoms with Crippen LogP contribution in [0.2, 0.25) is 0 Å². The van der Waals surface area contributed by atoms with E-state index in [2.05, 4.69) is 15.6 Å². The molecule has 0 bridgehead atoms. The van der Waals surface area contributed by atoms with E-state index in [-0.39, 0.29) is 18.4 Å². The van der Waals surface area contributed by atoms with Gasteiger partial charge in [0.15, 0.2) is 6.04 Å². The van der Waals surface area contributed by atoms with E-state index in [4.69, 9.17) is 9.15 Å². The van der Waals surface area contributed by atoms with Gasteiger partial charge in [-0.25, -0.2) is 4.68 Å². The minimum absolute atomic E-state index is 0.102. The lowest BCUT2D eigenvalue weighted by atomic mass is 10.1. The fourth-order valence-corrected chi connectivity index (χ4v) is 4.08. The standard InChI is InChI=1S/C26H29N5O4/c1-17-9-11-21(18(2)15-17)31(24(32)16-30-22-8-6-5-7-20(22)28-29-30)25(23-12-10-19(3)35-23)26(33)27-13-14-34-4/h5-12,15,25H,13-14,16H2,1-4H3,(H,27,33)/t25-/m1/s1. The Morgan fingerprint density at radius 2 is 1.91 bits per heavy atom. The lowest BCUT2D eigenvalue weighted by Crippen LogP contribution is -2.46. The van der Waals surface area contributed by atoms with Crippen LogP contribution in [0.4, 0.5) is 5.69 Å². The Morgan fingerprint density at radius 1 is 1.11 bits per heavy atom. The van der Waals surface area contributed by atoms with Crippen molar-refractivity contribution in [3.63, 3.8) is 0 Å². The highest BCUT2D eigenvalue weighted by molar-refractivity contribution is 6.01. The number of hydrogen-bond acceptors (Lipinski definition) is 6. The van der Waals surface area contributed by atoms with E-state index >= 15 is 0 Å². The quantitative estimate of drug-likeness (QED) is 0.372. The molecule has 0 saturated heterocycles. The zero-order valence-electron chi connectivity index (χ0n) is 20.3. The number of aromatic nitrogens is 3. The molecule has 2 amide bonds. The molecule has 4 rings (SSSR count). The summed E-state index contributed by atoms with van der Waals surface area (Å²) in [6.45, 7) is 6.24. The second-order valence-corrected chi connectivity index (χ2v) is 8.42. The fourth-order valence-electron chi connectivity index (χ4n) is 4.08. The number of fused-ring (bicyclic) bond motifs is 1. The molecule has 182 valence electrons. The number of nitrogens with one attached hydrogen (secondary N) is 1. The number of methoxy groups -OCH3 is 1. The Bertz CT molecular complexity index is 1340. The van der Waals surface area contributed by atoms with Crippen molar-refractivity contribution in [1.29, 1.82) is 0 Å². The van der Waals surface area contributed by atoms with Crippen LogP contribution in [0, 0.1) is 20.8 Å². The minimum atomic E-state index is -1.02. The summed E-state index contributed by atoms with van der Waals surface area (Å²) < 4.78 is 12.5. The Morgan fingerprint density at radius 3 is 2.63 bits per heavy atom. The van der Waals surface area contributed by atoms with Crippen LogP contribution in [-0.4, -0.2) is 47.1 Å². The van der Waals surface area contributed by atoms with Gasteiger partial charge in [0.05, 0.1) is 12.1 Å². The predicted octanol–water partition coefficient (Wildman–Crippen LogP) is 3.49. The Labute approximate surface area is 203 Å². The molecule has 1 atom stereocenters. The van der Waals surface area contributed by atoms with E-state index in [0.717, 1.165) is 16.6 Å². The van der Waals surface area contributed by atoms with Gasteiger partial charge in [-0.2, -0.15) is 0 Å². The van der Waals surface area contributed by atoms with Gasteiger partial charge in [-0.05, 0) is 56.7 Å². The van der Waals surface area contributed by atoms with Gasteiger partial charge in [0.25, 0.3) is 5.91 Å². The largest absolute Gasteiger partial charge is 0.464 e. The molecule has 35 heavy (non-hydrogen) atoms. The number of ether oxygens (including phenoxy) is 1. The van der Waals surface area contributed by atoms with Gasteiger partial charge in [0, 0.05) is 19.3 Å². The van der Waals surface area contributed by atoms with Crippen LogP contribution in [0.15, 0.2) is 59.0 Å². The summed E-state index contributed by atoms with van der Waals surface area (Å²) in [6, 6.07) is 15.7. The second-order valence-electron chi connectivity index (χ2n) is 8.42. The monoisotopic (exact) mass is 475 g/mol. The lowest BCUT2D eigenvalue weighted by molar-refractivity contribution is -0.127. The second kappa shape index (κ2) is 10.5. The first-order valence-corrected chi connectivity index (χ1v) is 11.4. The first kappa shape index (κ1) is 24.2. The van der Waals surface area contributed by atoms with Crippen LogP contribution >= 0.6 is 0 Å². The van der Waals surface area contributed by atoms with E-state index in [1.165, 1.54) is 4.90 Å². The normalized spacial score (nSPS) is 12.0. The molecule has 0 unspecified atom stereocenters. The number of para-hydroxylation sites is 1. The molecular formula is C26H29N5O4. The van der Waals surface area contributed by atoms with Crippen LogP contribution < -0.4 is 10.2 Å². The van der Waals surface area contributed by atoms with Gasteiger partial charge in [0.2, 0.25) is 5.91 Å². The number of carbonyl (C=O) groups is 2. The average Bonchev–Trinajstić information content (AvgIpc) is 3.44. The van der Waals surface area contributed by atoms with E-state index in [9.17, 15) is 9.59 Å². The molecular weight excluding hydrogens is 446 g/mol. The smallest absolute Gasteiger partial charge is 0.251 e. The Hall–Kier alpha value is -3.98. The molecule has 0 aliphatic heterocycles. The van der Waals surface area contributed by atoms with Crippen LogP contribution in [-0.2, 0) is 20.9 Å². The lowest BCUT2D eigenvalue weighted by Gasteiger charge is -2.31. The molecule has 2 aromatic carbocycles. The minimum Gasteiger partial charge on any atom is -0.464 e. The van der Waals surface area contributed by atoms with Crippen molar-refractivity contribution in [3.8, 4) is 0 Å². The van der Waals surface area contributed by atoms with Gasteiger partial charge in [-0.1, -0.05) is 35.0 Å². The van der Waals surface area contributed by atoms with Crippen molar-refractivity contribution in [1.82, 2.24) is 20.3 Å². The number of aryl methyl sites for hydroxylation is 3. The summed E-state index contributed by atoms with van der Waals surface area (Å²) in [5.74, 6) is 0.320. The van der Waals surface area contributed by atoms with Crippen molar-refractivity contribution in [3.05, 3.63) is 77.2 Å². The number of nitrogens with zero attached hydrogens (tertiary/aromatic N) is 4. The molecule has 0 radical (unpaired) electrons. The third kappa shape index (κ3) is 5.25. The van der Waals surface area contributed by atoms with Crippen molar-refractivity contribution in [2.45, 2.75) is 33.4 Å². The van der Waals surface area contributed by atoms with Gasteiger partial charge >= 0.3 is 0 Å². The SMILES string of the molecule is COCCNC(=O)[C@@H](c1ccc(C)o1)N(C(=O)Cn1nnc2ccccc21)c1ccc(C)cc1C. The van der Waals surface area contributed by atoms with Crippen LogP contribution in [0.5, 0.6) is 0 Å². The van der Waals surface area contributed by atoms with Crippen LogP contribution in [0.1, 0.15) is 28.7 Å². The number of carbonyl (C=O) groups excluding carboxylic acids is 2. The summed E-state index contributed by atoms with van der Waals surface area (Å²) >= 11 is 0. The van der Waals surface area contributed by atoms with Crippen molar-refractivity contribution in [2.24, 2.45) is 0 Å². The predicted molar refractivity (Wildman–Crippen MR) is 132 cm³/mol. The van der Waals surface area contributed by atoms with E-state index < -0.39 is 6.04 Å². The molecule has 4 aromatic rings. The molecule has 9 nitrogen and oxygen atoms in total. The third-order valence-corrected chi connectivity index (χ3v) is 5.73. The zero-order chi connectivity index (χ0) is 24.9. The molecule has 2 aromatic heterocycles. The third-order valence-electron chi connectivity index (χ3n) is 5.73. The Kier molecular flexibility index (Phi) is 7.26. The molecule has 0 aliphatic rings. The van der Waals surface area contributed by atoms with E-state index in [0.29, 0.717) is 35.9 Å².